The largest absolute Gasteiger partial charge is 0.461 e. The number of benzene rings is 2. The van der Waals surface area contributed by atoms with Gasteiger partial charge in [-0.2, -0.15) is 0 Å². The minimum absolute atomic E-state index is 0.124. The van der Waals surface area contributed by atoms with E-state index < -0.39 is 17.9 Å². The monoisotopic (exact) mass is 392 g/mol. The van der Waals surface area contributed by atoms with Crippen LogP contribution in [0.2, 0.25) is 0 Å². The predicted molar refractivity (Wildman–Crippen MR) is 106 cm³/mol. The molecule has 4 aromatic rings. The van der Waals surface area contributed by atoms with Crippen LogP contribution in [0, 0.1) is 0 Å². The maximum Gasteiger partial charge on any atom is 0.330 e. The highest BCUT2D eigenvalue weighted by Gasteiger charge is 2.27. The number of carbonyl (C=O) groups excluding carboxylic acids is 2. The molecule has 0 bridgehead atoms. The number of aromatic nitrogens is 3. The van der Waals surface area contributed by atoms with Crippen molar-refractivity contribution in [3.8, 4) is 0 Å². The van der Waals surface area contributed by atoms with E-state index in [0.29, 0.717) is 11.0 Å². The Bertz CT molecular complexity index is 1160. The Hall–Kier alpha value is -3.68. The molecule has 0 saturated carbocycles. The lowest BCUT2D eigenvalue weighted by molar-refractivity contribution is -0.150. The molecule has 2 heterocycles. The Labute approximate surface area is 166 Å². The van der Waals surface area contributed by atoms with Gasteiger partial charge in [0.25, 0.3) is 5.91 Å². The van der Waals surface area contributed by atoms with Crippen LogP contribution in [0.4, 0.5) is 0 Å². The second kappa shape index (κ2) is 7.75. The summed E-state index contributed by atoms with van der Waals surface area (Å²) in [6.07, 6.45) is 4.57. The molecular formula is C21H20N4O4. The van der Waals surface area contributed by atoms with E-state index >= 15 is 0 Å². The minimum atomic E-state index is -0.897. The number of nitrogens with one attached hydrogen (secondary N) is 1. The Morgan fingerprint density at radius 1 is 1.17 bits per heavy atom. The molecule has 0 radical (unpaired) electrons. The average molecular weight is 392 g/mol. The number of nitrogens with zero attached hydrogens (tertiary/aromatic N) is 3. The van der Waals surface area contributed by atoms with Crippen LogP contribution in [0.1, 0.15) is 24.3 Å². The number of hydrogen-bond acceptors (Lipinski definition) is 6. The molecule has 0 fully saturated rings. The van der Waals surface area contributed by atoms with Crippen molar-refractivity contribution in [2.45, 2.75) is 32.5 Å². The van der Waals surface area contributed by atoms with Gasteiger partial charge in [-0.05, 0) is 25.3 Å². The SMILES string of the molecule is CC(C)OC(=O)[C@H](Cn1ccnc1)NC(=O)c1noc2c1ccc1ccccc12. The number of amides is 1. The smallest absolute Gasteiger partial charge is 0.330 e. The fraction of sp³-hybridized carbons (Fsp3) is 0.238. The molecule has 0 aliphatic rings. The Morgan fingerprint density at radius 2 is 2.00 bits per heavy atom. The van der Waals surface area contributed by atoms with Crippen molar-refractivity contribution < 1.29 is 18.8 Å². The van der Waals surface area contributed by atoms with E-state index in [0.717, 1.165) is 10.8 Å². The zero-order chi connectivity index (χ0) is 20.4. The van der Waals surface area contributed by atoms with Crippen molar-refractivity contribution in [1.29, 1.82) is 0 Å². The van der Waals surface area contributed by atoms with Gasteiger partial charge in [0.05, 0.1) is 24.4 Å². The van der Waals surface area contributed by atoms with E-state index in [1.54, 1.807) is 43.2 Å². The highest BCUT2D eigenvalue weighted by Crippen LogP contribution is 2.27. The number of hydrogen-bond donors (Lipinski definition) is 1. The van der Waals surface area contributed by atoms with Crippen LogP contribution < -0.4 is 5.32 Å². The summed E-state index contributed by atoms with van der Waals surface area (Å²) in [5.41, 5.74) is 0.655. The number of fused-ring (bicyclic) bond motifs is 3. The van der Waals surface area contributed by atoms with Gasteiger partial charge in [-0.3, -0.25) is 4.79 Å². The van der Waals surface area contributed by atoms with Gasteiger partial charge >= 0.3 is 5.97 Å². The molecule has 8 heteroatoms. The first-order valence-electron chi connectivity index (χ1n) is 9.27. The van der Waals surface area contributed by atoms with Gasteiger partial charge in [-0.1, -0.05) is 35.5 Å². The zero-order valence-corrected chi connectivity index (χ0v) is 16.0. The maximum atomic E-state index is 12.9. The van der Waals surface area contributed by atoms with E-state index in [-0.39, 0.29) is 18.3 Å². The molecule has 1 atom stereocenters. The molecule has 8 nitrogen and oxygen atoms in total. The van der Waals surface area contributed by atoms with Crippen LogP contribution in [0.15, 0.2) is 59.6 Å². The standard InChI is InChI=1S/C21H20N4O4/c1-13(2)28-21(27)17(11-25-10-9-22-12-25)23-20(26)18-16-8-7-14-5-3-4-6-15(14)19(16)29-24-18/h3-10,12-13,17H,11H2,1-2H3,(H,23,26)/t17-/m0/s1. The normalized spacial score (nSPS) is 12.4. The summed E-state index contributed by atoms with van der Waals surface area (Å²) in [5.74, 6) is -1.04. The molecule has 29 heavy (non-hydrogen) atoms. The fourth-order valence-electron chi connectivity index (χ4n) is 3.16. The number of rotatable bonds is 6. The molecule has 1 amide bonds. The van der Waals surface area contributed by atoms with Gasteiger partial charge in [0, 0.05) is 17.8 Å². The molecule has 0 unspecified atom stereocenters. The maximum absolute atomic E-state index is 12.9. The van der Waals surface area contributed by atoms with Gasteiger partial charge in [-0.15, -0.1) is 0 Å². The number of carbonyl (C=O) groups is 2. The van der Waals surface area contributed by atoms with E-state index in [4.69, 9.17) is 9.26 Å². The molecule has 0 spiro atoms. The van der Waals surface area contributed by atoms with Crippen LogP contribution in [-0.4, -0.2) is 38.7 Å². The topological polar surface area (TPSA) is 99.2 Å². The third-order valence-electron chi connectivity index (χ3n) is 4.47. The van der Waals surface area contributed by atoms with Crippen molar-refractivity contribution in [3.63, 3.8) is 0 Å². The second-order valence-electron chi connectivity index (χ2n) is 6.97. The number of esters is 1. The molecule has 0 saturated heterocycles. The molecule has 1 N–H and O–H groups in total. The van der Waals surface area contributed by atoms with E-state index in [1.807, 2.05) is 30.3 Å². The van der Waals surface area contributed by atoms with Gasteiger partial charge in [0.1, 0.15) is 6.04 Å². The molecule has 2 aromatic heterocycles. The predicted octanol–water partition coefficient (Wildman–Crippen LogP) is 2.93. The van der Waals surface area contributed by atoms with Gasteiger partial charge in [0.15, 0.2) is 11.3 Å². The molecule has 0 aliphatic heterocycles. The van der Waals surface area contributed by atoms with Crippen molar-refractivity contribution in [2.75, 3.05) is 0 Å². The lowest BCUT2D eigenvalue weighted by atomic mass is 10.1. The van der Waals surface area contributed by atoms with Crippen LogP contribution in [-0.2, 0) is 16.1 Å². The Balaban J connectivity index is 1.63. The molecule has 4 rings (SSSR count). The highest BCUT2D eigenvalue weighted by atomic mass is 16.5. The van der Waals surface area contributed by atoms with Crippen molar-refractivity contribution in [1.82, 2.24) is 20.0 Å². The van der Waals surface area contributed by atoms with Crippen molar-refractivity contribution in [2.24, 2.45) is 0 Å². The first-order chi connectivity index (χ1) is 14.0. The summed E-state index contributed by atoms with van der Waals surface area (Å²) in [5, 5.41) is 9.11. The molecule has 148 valence electrons. The fourth-order valence-corrected chi connectivity index (χ4v) is 3.16. The summed E-state index contributed by atoms with van der Waals surface area (Å²) in [6, 6.07) is 10.5. The van der Waals surface area contributed by atoms with Crippen LogP contribution >= 0.6 is 0 Å². The Morgan fingerprint density at radius 3 is 2.76 bits per heavy atom. The summed E-state index contributed by atoms with van der Waals surface area (Å²) < 4.78 is 12.4. The quantitative estimate of drug-likeness (QED) is 0.507. The summed E-state index contributed by atoms with van der Waals surface area (Å²) in [6.45, 7) is 3.70. The molecule has 0 aliphatic carbocycles. The zero-order valence-electron chi connectivity index (χ0n) is 16.0. The lowest BCUT2D eigenvalue weighted by Crippen LogP contribution is -2.45. The third-order valence-corrected chi connectivity index (χ3v) is 4.47. The number of ether oxygens (including phenoxy) is 1. The van der Waals surface area contributed by atoms with E-state index in [1.165, 1.54) is 0 Å². The third kappa shape index (κ3) is 3.82. The first kappa shape index (κ1) is 18.7. The second-order valence-corrected chi connectivity index (χ2v) is 6.97. The summed E-state index contributed by atoms with van der Waals surface area (Å²) in [4.78, 5) is 29.4. The van der Waals surface area contributed by atoms with Crippen molar-refractivity contribution in [3.05, 3.63) is 60.8 Å². The number of imidazole rings is 1. The van der Waals surface area contributed by atoms with Gasteiger partial charge < -0.3 is 19.1 Å². The van der Waals surface area contributed by atoms with Crippen molar-refractivity contribution >= 4 is 33.6 Å². The van der Waals surface area contributed by atoms with Crippen LogP contribution in [0.5, 0.6) is 0 Å². The molecule has 2 aromatic carbocycles. The lowest BCUT2D eigenvalue weighted by Gasteiger charge is -2.19. The first-order valence-corrected chi connectivity index (χ1v) is 9.27. The van der Waals surface area contributed by atoms with E-state index in [2.05, 4.69) is 15.5 Å². The average Bonchev–Trinajstić information content (AvgIpc) is 3.36. The van der Waals surface area contributed by atoms with Crippen LogP contribution in [0.25, 0.3) is 21.7 Å². The highest BCUT2D eigenvalue weighted by molar-refractivity contribution is 6.12. The van der Waals surface area contributed by atoms with Gasteiger partial charge in [-0.25, -0.2) is 9.78 Å². The Kier molecular flexibility index (Phi) is 4.99. The summed E-state index contributed by atoms with van der Waals surface area (Å²) >= 11 is 0. The molecular weight excluding hydrogens is 372 g/mol. The summed E-state index contributed by atoms with van der Waals surface area (Å²) in [7, 11) is 0. The van der Waals surface area contributed by atoms with E-state index in [9.17, 15) is 9.59 Å². The van der Waals surface area contributed by atoms with Crippen LogP contribution in [0.3, 0.4) is 0 Å². The minimum Gasteiger partial charge on any atom is -0.461 e. The van der Waals surface area contributed by atoms with Gasteiger partial charge in [0.2, 0.25) is 0 Å².